The Balaban J connectivity index is 2.08. The summed E-state index contributed by atoms with van der Waals surface area (Å²) in [5, 5.41) is 14.1. The molecule has 2 heterocycles. The lowest BCUT2D eigenvalue weighted by Crippen LogP contribution is -1.99. The molecule has 3 nitrogen and oxygen atoms in total. The molecule has 0 bridgehead atoms. The number of nitrogens with one attached hydrogen (secondary N) is 1. The van der Waals surface area contributed by atoms with E-state index in [0.717, 1.165) is 12.2 Å². The third-order valence-corrected chi connectivity index (χ3v) is 2.85. The highest BCUT2D eigenvalue weighted by Crippen LogP contribution is 2.15. The van der Waals surface area contributed by atoms with E-state index in [-0.39, 0.29) is 0 Å². The van der Waals surface area contributed by atoms with E-state index >= 15 is 0 Å². The van der Waals surface area contributed by atoms with Crippen LogP contribution in [0.2, 0.25) is 0 Å². The van der Waals surface area contributed by atoms with Crippen molar-refractivity contribution < 1.29 is 0 Å². The predicted octanol–water partition coefficient (Wildman–Crippen LogP) is 2.63. The van der Waals surface area contributed by atoms with Gasteiger partial charge in [0, 0.05) is 17.6 Å². The second-order valence-corrected chi connectivity index (χ2v) is 4.00. The Kier molecular flexibility index (Phi) is 2.96. The number of nitrogens with zero attached hydrogens (tertiary/aromatic N) is 2. The molecule has 0 radical (unpaired) electrons. The van der Waals surface area contributed by atoms with Gasteiger partial charge in [-0.25, -0.2) is 0 Å². The lowest BCUT2D eigenvalue weighted by molar-refractivity contribution is 1.17. The Morgan fingerprint density at radius 1 is 1.47 bits per heavy atom. The van der Waals surface area contributed by atoms with Gasteiger partial charge in [0.15, 0.2) is 0 Å². The van der Waals surface area contributed by atoms with E-state index in [0.29, 0.717) is 5.56 Å². The third kappa shape index (κ3) is 2.33. The van der Waals surface area contributed by atoms with E-state index in [2.05, 4.69) is 22.4 Å². The number of hydrogen-bond acceptors (Lipinski definition) is 4. The maximum atomic E-state index is 8.86. The van der Waals surface area contributed by atoms with Crippen LogP contribution in [0.25, 0.3) is 0 Å². The molecule has 0 aromatic carbocycles. The van der Waals surface area contributed by atoms with Crippen LogP contribution in [-0.2, 0) is 6.54 Å². The highest BCUT2D eigenvalue weighted by molar-refractivity contribution is 7.09. The summed E-state index contributed by atoms with van der Waals surface area (Å²) >= 11 is 1.69. The van der Waals surface area contributed by atoms with Crippen LogP contribution in [0.4, 0.5) is 5.69 Å². The number of aromatic nitrogens is 1. The molecule has 0 fully saturated rings. The van der Waals surface area contributed by atoms with Gasteiger partial charge in [-0.15, -0.1) is 11.3 Å². The number of rotatable bonds is 3. The van der Waals surface area contributed by atoms with Crippen LogP contribution in [0, 0.1) is 11.3 Å². The van der Waals surface area contributed by atoms with E-state index in [4.69, 9.17) is 5.26 Å². The largest absolute Gasteiger partial charge is 0.378 e. The molecule has 74 valence electrons. The zero-order valence-corrected chi connectivity index (χ0v) is 8.79. The highest BCUT2D eigenvalue weighted by Gasteiger charge is 2.00. The summed E-state index contributed by atoms with van der Waals surface area (Å²) in [6, 6.07) is 7.90. The van der Waals surface area contributed by atoms with Crippen molar-refractivity contribution in [1.82, 2.24) is 4.98 Å². The molecule has 0 saturated heterocycles. The average Bonchev–Trinajstić information content (AvgIpc) is 2.79. The van der Waals surface area contributed by atoms with Crippen molar-refractivity contribution in [2.45, 2.75) is 6.54 Å². The van der Waals surface area contributed by atoms with Gasteiger partial charge in [0.25, 0.3) is 0 Å². The van der Waals surface area contributed by atoms with Gasteiger partial charge in [-0.1, -0.05) is 6.07 Å². The SMILES string of the molecule is N#Cc1ccncc1NCc1cccs1. The molecular weight excluding hydrogens is 206 g/mol. The van der Waals surface area contributed by atoms with Gasteiger partial charge in [0.1, 0.15) is 6.07 Å². The van der Waals surface area contributed by atoms with E-state index in [1.165, 1.54) is 4.88 Å². The van der Waals surface area contributed by atoms with Gasteiger partial charge in [-0.05, 0) is 17.5 Å². The first-order valence-corrected chi connectivity index (χ1v) is 5.38. The summed E-state index contributed by atoms with van der Waals surface area (Å²) in [6.45, 7) is 0.734. The van der Waals surface area contributed by atoms with Gasteiger partial charge in [-0.3, -0.25) is 4.98 Å². The van der Waals surface area contributed by atoms with Crippen molar-refractivity contribution in [3.8, 4) is 6.07 Å². The van der Waals surface area contributed by atoms with Crippen molar-refractivity contribution in [1.29, 1.82) is 5.26 Å². The summed E-state index contributed by atoms with van der Waals surface area (Å²) in [4.78, 5) is 5.22. The molecule has 4 heteroatoms. The first-order valence-electron chi connectivity index (χ1n) is 4.50. The van der Waals surface area contributed by atoms with Crippen molar-refractivity contribution >= 4 is 17.0 Å². The van der Waals surface area contributed by atoms with E-state index < -0.39 is 0 Å². The molecule has 2 aromatic rings. The molecule has 2 aromatic heterocycles. The predicted molar refractivity (Wildman–Crippen MR) is 60.6 cm³/mol. The molecular formula is C11H9N3S. The number of anilines is 1. The second kappa shape index (κ2) is 4.58. The molecule has 1 N–H and O–H groups in total. The average molecular weight is 215 g/mol. The lowest BCUT2D eigenvalue weighted by Gasteiger charge is -2.05. The topological polar surface area (TPSA) is 48.7 Å². The van der Waals surface area contributed by atoms with Crippen molar-refractivity contribution in [2.24, 2.45) is 0 Å². The van der Waals surface area contributed by atoms with Gasteiger partial charge in [0.05, 0.1) is 17.4 Å². The van der Waals surface area contributed by atoms with Gasteiger partial charge >= 0.3 is 0 Å². The first kappa shape index (κ1) is 9.69. The van der Waals surface area contributed by atoms with Crippen LogP contribution in [0.5, 0.6) is 0 Å². The fraction of sp³-hybridized carbons (Fsp3) is 0.0909. The van der Waals surface area contributed by atoms with Crippen LogP contribution in [0.3, 0.4) is 0 Å². The number of hydrogen-bond donors (Lipinski definition) is 1. The maximum absolute atomic E-state index is 8.86. The highest BCUT2D eigenvalue weighted by atomic mass is 32.1. The molecule has 15 heavy (non-hydrogen) atoms. The molecule has 0 aliphatic heterocycles. The van der Waals surface area contributed by atoms with Crippen molar-refractivity contribution in [2.75, 3.05) is 5.32 Å². The Hall–Kier alpha value is -1.86. The number of nitriles is 1. The fourth-order valence-corrected chi connectivity index (χ4v) is 1.87. The molecule has 2 rings (SSSR count). The summed E-state index contributed by atoms with van der Waals surface area (Å²) in [5.41, 5.74) is 1.41. The van der Waals surface area contributed by atoms with Gasteiger partial charge in [0.2, 0.25) is 0 Å². The zero-order chi connectivity index (χ0) is 10.5. The maximum Gasteiger partial charge on any atom is 0.101 e. The normalized spacial score (nSPS) is 9.53. The Morgan fingerprint density at radius 3 is 3.13 bits per heavy atom. The van der Waals surface area contributed by atoms with E-state index in [1.807, 2.05) is 11.4 Å². The number of pyridine rings is 1. The minimum Gasteiger partial charge on any atom is -0.378 e. The lowest BCUT2D eigenvalue weighted by atomic mass is 10.2. The molecule has 0 unspecified atom stereocenters. The Bertz CT molecular complexity index is 471. The smallest absolute Gasteiger partial charge is 0.101 e. The second-order valence-electron chi connectivity index (χ2n) is 2.97. The molecule has 0 atom stereocenters. The number of thiophene rings is 1. The Morgan fingerprint density at radius 2 is 2.40 bits per heavy atom. The zero-order valence-electron chi connectivity index (χ0n) is 7.97. The molecule has 0 aliphatic rings. The van der Waals surface area contributed by atoms with E-state index in [9.17, 15) is 0 Å². The summed E-state index contributed by atoms with van der Waals surface area (Å²) < 4.78 is 0. The summed E-state index contributed by atoms with van der Waals surface area (Å²) in [7, 11) is 0. The minimum absolute atomic E-state index is 0.626. The van der Waals surface area contributed by atoms with E-state index in [1.54, 1.807) is 29.8 Å². The van der Waals surface area contributed by atoms with Crippen molar-refractivity contribution in [3.63, 3.8) is 0 Å². The van der Waals surface area contributed by atoms with Gasteiger partial charge < -0.3 is 5.32 Å². The molecule has 0 saturated carbocycles. The van der Waals surface area contributed by atoms with Crippen LogP contribution in [-0.4, -0.2) is 4.98 Å². The van der Waals surface area contributed by atoms with Crippen LogP contribution in [0.15, 0.2) is 36.0 Å². The van der Waals surface area contributed by atoms with Crippen LogP contribution in [0.1, 0.15) is 10.4 Å². The third-order valence-electron chi connectivity index (χ3n) is 1.97. The molecule has 0 amide bonds. The van der Waals surface area contributed by atoms with Crippen LogP contribution >= 0.6 is 11.3 Å². The first-order chi connectivity index (χ1) is 7.40. The summed E-state index contributed by atoms with van der Waals surface area (Å²) in [6.07, 6.45) is 3.29. The Labute approximate surface area is 92.0 Å². The summed E-state index contributed by atoms with van der Waals surface area (Å²) in [5.74, 6) is 0. The van der Waals surface area contributed by atoms with Crippen molar-refractivity contribution in [3.05, 3.63) is 46.4 Å². The monoisotopic (exact) mass is 215 g/mol. The minimum atomic E-state index is 0.626. The van der Waals surface area contributed by atoms with Crippen LogP contribution < -0.4 is 5.32 Å². The molecule has 0 spiro atoms. The molecule has 0 aliphatic carbocycles. The fourth-order valence-electron chi connectivity index (χ4n) is 1.23. The van der Waals surface area contributed by atoms with Gasteiger partial charge in [-0.2, -0.15) is 5.26 Å². The standard InChI is InChI=1S/C11H9N3S/c12-6-9-3-4-13-8-11(9)14-7-10-2-1-5-15-10/h1-5,8,14H,7H2. The quantitative estimate of drug-likeness (QED) is 0.856.